The number of nitrogens with zero attached hydrogens (tertiary/aromatic N) is 1. The van der Waals surface area contributed by atoms with Crippen molar-refractivity contribution in [3.05, 3.63) is 35.6 Å². The molecular weight excluding hydrogens is 225 g/mol. The van der Waals surface area contributed by atoms with Gasteiger partial charge in [0.1, 0.15) is 11.2 Å². The molecule has 2 fully saturated rings. The zero-order chi connectivity index (χ0) is 11.1. The van der Waals surface area contributed by atoms with E-state index in [9.17, 15) is 9.18 Å². The highest BCUT2D eigenvalue weighted by atomic mass is 32.2. The van der Waals surface area contributed by atoms with E-state index in [1.54, 1.807) is 12.1 Å². The van der Waals surface area contributed by atoms with Gasteiger partial charge in [-0.2, -0.15) is 0 Å². The third-order valence-corrected chi connectivity index (χ3v) is 4.23. The van der Waals surface area contributed by atoms with Crippen LogP contribution in [0.2, 0.25) is 0 Å². The van der Waals surface area contributed by atoms with Crippen LogP contribution in [0.25, 0.3) is 0 Å². The monoisotopic (exact) mass is 237 g/mol. The first-order chi connectivity index (χ1) is 7.77. The molecule has 1 saturated heterocycles. The fraction of sp³-hybridized carbons (Fsp3) is 0.417. The Bertz CT molecular complexity index is 433. The van der Waals surface area contributed by atoms with Crippen LogP contribution in [0, 0.1) is 5.82 Å². The van der Waals surface area contributed by atoms with Crippen molar-refractivity contribution in [2.75, 3.05) is 5.75 Å². The molecule has 3 rings (SSSR count). The summed E-state index contributed by atoms with van der Waals surface area (Å²) in [5.74, 6) is 0.427. The van der Waals surface area contributed by atoms with E-state index in [4.69, 9.17) is 0 Å². The van der Waals surface area contributed by atoms with Gasteiger partial charge < -0.3 is 4.90 Å². The van der Waals surface area contributed by atoms with E-state index in [-0.39, 0.29) is 17.1 Å². The summed E-state index contributed by atoms with van der Waals surface area (Å²) < 4.78 is 13.7. The van der Waals surface area contributed by atoms with Crippen LogP contribution < -0.4 is 0 Å². The first-order valence-corrected chi connectivity index (χ1v) is 6.49. The van der Waals surface area contributed by atoms with Crippen molar-refractivity contribution < 1.29 is 9.18 Å². The third kappa shape index (κ3) is 1.61. The Kier molecular flexibility index (Phi) is 2.39. The van der Waals surface area contributed by atoms with Gasteiger partial charge in [0.05, 0.1) is 5.75 Å². The summed E-state index contributed by atoms with van der Waals surface area (Å²) in [4.78, 5) is 13.6. The van der Waals surface area contributed by atoms with E-state index in [1.807, 2.05) is 11.0 Å². The molecule has 0 N–H and O–H groups in total. The van der Waals surface area contributed by atoms with E-state index in [2.05, 4.69) is 0 Å². The van der Waals surface area contributed by atoms with Gasteiger partial charge in [-0.1, -0.05) is 18.2 Å². The molecule has 1 aromatic carbocycles. The highest BCUT2D eigenvalue weighted by Crippen LogP contribution is 2.45. The maximum absolute atomic E-state index is 13.7. The van der Waals surface area contributed by atoms with Crippen molar-refractivity contribution in [3.63, 3.8) is 0 Å². The maximum Gasteiger partial charge on any atom is 0.234 e. The summed E-state index contributed by atoms with van der Waals surface area (Å²) in [7, 11) is 0. The molecule has 0 radical (unpaired) electrons. The minimum atomic E-state index is -0.208. The number of halogens is 1. The molecule has 1 atom stereocenters. The van der Waals surface area contributed by atoms with Crippen molar-refractivity contribution in [1.82, 2.24) is 4.90 Å². The van der Waals surface area contributed by atoms with Crippen LogP contribution in [0.15, 0.2) is 24.3 Å². The number of hydrogen-bond donors (Lipinski definition) is 0. The lowest BCUT2D eigenvalue weighted by Crippen LogP contribution is -2.30. The molecule has 1 aliphatic carbocycles. The number of benzene rings is 1. The molecule has 2 aliphatic rings. The first kappa shape index (κ1) is 10.1. The van der Waals surface area contributed by atoms with Gasteiger partial charge in [0.2, 0.25) is 5.91 Å². The Morgan fingerprint density at radius 3 is 2.75 bits per heavy atom. The Morgan fingerprint density at radius 2 is 2.06 bits per heavy atom. The second kappa shape index (κ2) is 3.77. The van der Waals surface area contributed by atoms with Gasteiger partial charge in [0.25, 0.3) is 0 Å². The van der Waals surface area contributed by atoms with Crippen LogP contribution in [-0.4, -0.2) is 22.6 Å². The molecule has 4 heteroatoms. The zero-order valence-corrected chi connectivity index (χ0v) is 9.54. The Hall–Kier alpha value is -1.03. The topological polar surface area (TPSA) is 20.3 Å². The van der Waals surface area contributed by atoms with Crippen molar-refractivity contribution >= 4 is 17.7 Å². The van der Waals surface area contributed by atoms with Crippen LogP contribution in [0.3, 0.4) is 0 Å². The summed E-state index contributed by atoms with van der Waals surface area (Å²) in [5, 5.41) is -0.110. The highest BCUT2D eigenvalue weighted by molar-refractivity contribution is 8.00. The highest BCUT2D eigenvalue weighted by Gasteiger charge is 2.43. The summed E-state index contributed by atoms with van der Waals surface area (Å²) in [5.41, 5.74) is 0.644. The standard InChI is InChI=1S/C12H12FNOS/c13-10-4-2-1-3-9(10)12-14(8-5-6-8)11(15)7-16-12/h1-4,8,12H,5-7H2. The van der Waals surface area contributed by atoms with Gasteiger partial charge in [-0.3, -0.25) is 4.79 Å². The van der Waals surface area contributed by atoms with Crippen molar-refractivity contribution in [2.45, 2.75) is 24.3 Å². The quantitative estimate of drug-likeness (QED) is 0.788. The molecule has 0 aromatic heterocycles. The van der Waals surface area contributed by atoms with E-state index in [1.165, 1.54) is 17.8 Å². The van der Waals surface area contributed by atoms with Crippen molar-refractivity contribution in [2.24, 2.45) is 0 Å². The molecule has 2 nitrogen and oxygen atoms in total. The van der Waals surface area contributed by atoms with Crippen molar-refractivity contribution in [1.29, 1.82) is 0 Å². The summed E-state index contributed by atoms with van der Waals surface area (Å²) in [6, 6.07) is 7.10. The van der Waals surface area contributed by atoms with Gasteiger partial charge in [0, 0.05) is 11.6 Å². The molecule has 1 aromatic rings. The molecule has 84 valence electrons. The zero-order valence-electron chi connectivity index (χ0n) is 8.73. The van der Waals surface area contributed by atoms with E-state index in [0.29, 0.717) is 17.4 Å². The minimum absolute atomic E-state index is 0.110. The second-order valence-corrected chi connectivity index (χ2v) is 5.29. The normalized spacial score (nSPS) is 25.2. The number of carbonyl (C=O) groups excluding carboxylic acids is 1. The molecule has 1 aliphatic heterocycles. The lowest BCUT2D eigenvalue weighted by atomic mass is 10.2. The summed E-state index contributed by atoms with van der Waals surface area (Å²) in [6.45, 7) is 0. The lowest BCUT2D eigenvalue weighted by Gasteiger charge is -2.24. The number of hydrogen-bond acceptors (Lipinski definition) is 2. The summed E-state index contributed by atoms with van der Waals surface area (Å²) in [6.07, 6.45) is 2.13. The molecule has 1 heterocycles. The molecule has 1 amide bonds. The Balaban J connectivity index is 1.94. The fourth-order valence-corrected chi connectivity index (χ4v) is 3.37. The SMILES string of the molecule is O=C1CSC(c2ccccc2F)N1C1CC1. The average molecular weight is 237 g/mol. The summed E-state index contributed by atoms with van der Waals surface area (Å²) >= 11 is 1.53. The van der Waals surface area contributed by atoms with E-state index >= 15 is 0 Å². The molecule has 1 saturated carbocycles. The van der Waals surface area contributed by atoms with Gasteiger partial charge in [-0.05, 0) is 18.9 Å². The molecule has 0 bridgehead atoms. The van der Waals surface area contributed by atoms with Crippen molar-refractivity contribution in [3.8, 4) is 0 Å². The number of amides is 1. The van der Waals surface area contributed by atoms with Gasteiger partial charge >= 0.3 is 0 Å². The average Bonchev–Trinajstić information content (AvgIpc) is 3.04. The second-order valence-electron chi connectivity index (χ2n) is 4.22. The lowest BCUT2D eigenvalue weighted by molar-refractivity contribution is -0.128. The van der Waals surface area contributed by atoms with Crippen LogP contribution in [0.1, 0.15) is 23.8 Å². The fourth-order valence-electron chi connectivity index (χ4n) is 2.10. The minimum Gasteiger partial charge on any atom is -0.323 e. The van der Waals surface area contributed by atoms with Gasteiger partial charge in [0.15, 0.2) is 0 Å². The maximum atomic E-state index is 13.7. The molecule has 1 unspecified atom stereocenters. The number of rotatable bonds is 2. The molecular formula is C12H12FNOS. The number of thioether (sulfide) groups is 1. The van der Waals surface area contributed by atoms with Crippen LogP contribution in [-0.2, 0) is 4.79 Å². The van der Waals surface area contributed by atoms with E-state index < -0.39 is 0 Å². The molecule has 0 spiro atoms. The van der Waals surface area contributed by atoms with Gasteiger partial charge in [-0.25, -0.2) is 4.39 Å². The smallest absolute Gasteiger partial charge is 0.234 e. The van der Waals surface area contributed by atoms with Crippen LogP contribution >= 0.6 is 11.8 Å². The van der Waals surface area contributed by atoms with Gasteiger partial charge in [-0.15, -0.1) is 11.8 Å². The van der Waals surface area contributed by atoms with Crippen LogP contribution in [0.4, 0.5) is 4.39 Å². The third-order valence-electron chi connectivity index (χ3n) is 3.02. The largest absolute Gasteiger partial charge is 0.323 e. The first-order valence-electron chi connectivity index (χ1n) is 5.44. The number of carbonyl (C=O) groups is 1. The van der Waals surface area contributed by atoms with E-state index in [0.717, 1.165) is 12.8 Å². The van der Waals surface area contributed by atoms with Crippen LogP contribution in [0.5, 0.6) is 0 Å². The Labute approximate surface area is 97.8 Å². The molecule has 16 heavy (non-hydrogen) atoms. The predicted octanol–water partition coefficient (Wildman–Crippen LogP) is 2.56. The Morgan fingerprint density at radius 1 is 1.31 bits per heavy atom. The predicted molar refractivity (Wildman–Crippen MR) is 61.5 cm³/mol.